The molecule has 5 aromatic carbocycles. The first-order valence-corrected chi connectivity index (χ1v) is 19.8. The van der Waals surface area contributed by atoms with Crippen molar-refractivity contribution in [1.29, 1.82) is 0 Å². The maximum atomic E-state index is 5.43. The molecule has 53 heavy (non-hydrogen) atoms. The zero-order valence-corrected chi connectivity index (χ0v) is 34.5. The number of hydrogen-bond donors (Lipinski definition) is 0. The molecule has 0 amide bonds. The third-order valence-corrected chi connectivity index (χ3v) is 12.6. The van der Waals surface area contributed by atoms with Gasteiger partial charge < -0.3 is 0 Å². The average molecular weight is 708 g/mol. The Kier molecular flexibility index (Phi) is 9.89. The van der Waals surface area contributed by atoms with Crippen molar-refractivity contribution in [3.63, 3.8) is 0 Å². The van der Waals surface area contributed by atoms with Crippen LogP contribution in [-0.4, -0.2) is 18.4 Å². The van der Waals surface area contributed by atoms with Gasteiger partial charge in [0.25, 0.3) is 0 Å². The molecule has 0 saturated carbocycles. The fraction of sp³-hybridized carbons (Fsp3) is 0.245. The lowest BCUT2D eigenvalue weighted by atomic mass is 9.33. The van der Waals surface area contributed by atoms with E-state index >= 15 is 0 Å². The third-order valence-electron chi connectivity index (χ3n) is 11.4. The van der Waals surface area contributed by atoms with Crippen LogP contribution in [0.5, 0.6) is 0 Å². The average Bonchev–Trinajstić information content (AvgIpc) is 3.44. The van der Waals surface area contributed by atoms with Gasteiger partial charge in [0.1, 0.15) is 0 Å². The van der Waals surface area contributed by atoms with Gasteiger partial charge in [-0.2, -0.15) is 0 Å². The summed E-state index contributed by atoms with van der Waals surface area (Å²) in [6.07, 6.45) is 2.17. The van der Waals surface area contributed by atoms with Gasteiger partial charge in [0, 0.05) is 15.8 Å². The van der Waals surface area contributed by atoms with Crippen molar-refractivity contribution in [2.45, 2.75) is 83.1 Å². The number of benzene rings is 5. The van der Waals surface area contributed by atoms with Crippen molar-refractivity contribution in [3.8, 4) is 10.6 Å². The summed E-state index contributed by atoms with van der Waals surface area (Å²) in [7, 11) is 0. The number of fused-ring (bicyclic) bond motifs is 1. The minimum Gasteiger partial charge on any atom is -0.256 e. The summed E-state index contributed by atoms with van der Waals surface area (Å²) in [6, 6.07) is 32.4. The molecule has 1 nitrogen and oxygen atoms in total. The Bertz CT molecular complexity index is 2330. The molecule has 0 aliphatic rings. The van der Waals surface area contributed by atoms with Crippen molar-refractivity contribution >= 4 is 67.6 Å². The van der Waals surface area contributed by atoms with Crippen LogP contribution in [-0.2, 0) is 0 Å². The third kappa shape index (κ3) is 6.72. The lowest BCUT2D eigenvalue weighted by Crippen LogP contribution is -2.56. The van der Waals surface area contributed by atoms with Crippen LogP contribution < -0.4 is 32.8 Å². The second-order valence-electron chi connectivity index (χ2n) is 15.9. The van der Waals surface area contributed by atoms with Crippen molar-refractivity contribution in [2.75, 3.05) is 0 Å². The van der Waals surface area contributed by atoms with Crippen molar-refractivity contribution < 1.29 is 0 Å². The van der Waals surface area contributed by atoms with Crippen LogP contribution in [0, 0.1) is 83.1 Å². The number of rotatable bonds is 7. The van der Waals surface area contributed by atoms with E-state index < -0.39 is 0 Å². The highest BCUT2D eigenvalue weighted by Gasteiger charge is 2.34. The van der Waals surface area contributed by atoms with Gasteiger partial charge in [-0.25, -0.2) is 0 Å². The van der Waals surface area contributed by atoms with Crippen molar-refractivity contribution in [3.05, 3.63) is 158 Å². The van der Waals surface area contributed by atoms with E-state index in [0.29, 0.717) is 0 Å². The van der Waals surface area contributed by atoms with Crippen molar-refractivity contribution in [2.24, 2.45) is 0 Å². The van der Waals surface area contributed by atoms with Crippen LogP contribution in [0.25, 0.3) is 20.7 Å². The van der Waals surface area contributed by atoms with Gasteiger partial charge in [0.2, 0.25) is 13.4 Å². The van der Waals surface area contributed by atoms with Gasteiger partial charge in [-0.05, 0) is 106 Å². The molecule has 7 aromatic rings. The zero-order valence-electron chi connectivity index (χ0n) is 33.7. The molecule has 264 valence electrons. The quantitative estimate of drug-likeness (QED) is 0.151. The van der Waals surface area contributed by atoms with Crippen LogP contribution in [0.3, 0.4) is 0 Å². The van der Waals surface area contributed by atoms with E-state index in [0.717, 1.165) is 5.69 Å². The summed E-state index contributed by atoms with van der Waals surface area (Å²) in [4.78, 5) is 6.68. The van der Waals surface area contributed by atoms with E-state index in [1.165, 1.54) is 115 Å². The molecule has 0 spiro atoms. The number of thiophene rings is 1. The SMILES string of the molecule is Cc1cc(C)c(B(c2ccc(-c3sc4ccccc4c3B(c3c(C)cc(C)cc3C)c3c(C)cc(C)cc3C)nc2)c2c(C)cc(C)cc2C)c(C)c1. The first-order chi connectivity index (χ1) is 25.2. The number of aromatic nitrogens is 1. The van der Waals surface area contributed by atoms with Gasteiger partial charge in [-0.3, -0.25) is 4.98 Å². The molecular weight excluding hydrogens is 656 g/mol. The molecule has 0 saturated heterocycles. The second kappa shape index (κ2) is 14.3. The van der Waals surface area contributed by atoms with E-state index in [1.54, 1.807) is 0 Å². The second-order valence-corrected chi connectivity index (χ2v) is 17.0. The highest BCUT2D eigenvalue weighted by Crippen LogP contribution is 2.32. The summed E-state index contributed by atoms with van der Waals surface area (Å²) < 4.78 is 1.30. The predicted molar refractivity (Wildman–Crippen MR) is 237 cm³/mol. The minimum atomic E-state index is 0.0623. The fourth-order valence-corrected chi connectivity index (χ4v) is 11.0. The van der Waals surface area contributed by atoms with E-state index in [1.807, 2.05) is 11.3 Å². The lowest BCUT2D eigenvalue weighted by molar-refractivity contribution is 1.33. The zero-order chi connectivity index (χ0) is 37.9. The lowest BCUT2D eigenvalue weighted by Gasteiger charge is -2.26. The fourth-order valence-electron chi connectivity index (χ4n) is 9.75. The van der Waals surface area contributed by atoms with E-state index in [2.05, 4.69) is 174 Å². The maximum Gasteiger partial charge on any atom is 0.245 e. The van der Waals surface area contributed by atoms with Crippen LogP contribution >= 0.6 is 11.3 Å². The standard InChI is InChI=1S/C49H51B2NS/c1-28-19-32(5)44(33(6)20-28)50(45-34(7)21-29(2)22-35(45)8)40-17-18-42(52-27-40)49-48(41-15-13-14-16-43(41)53-49)51(46-36(9)23-30(3)24-37(46)10)47-38(11)25-31(4)26-39(47)12/h13-27H,1-12H3. The number of pyridine rings is 1. The molecule has 0 radical (unpaired) electrons. The molecule has 4 heteroatoms. The molecule has 0 bridgehead atoms. The first kappa shape index (κ1) is 36.7. The molecule has 0 aliphatic carbocycles. The Balaban J connectivity index is 1.49. The minimum absolute atomic E-state index is 0.0623. The smallest absolute Gasteiger partial charge is 0.245 e. The van der Waals surface area contributed by atoms with E-state index in [-0.39, 0.29) is 13.4 Å². The highest BCUT2D eigenvalue weighted by atomic mass is 32.1. The summed E-state index contributed by atoms with van der Waals surface area (Å²) in [5, 5.41) is 1.32. The Morgan fingerprint density at radius 3 is 1.17 bits per heavy atom. The van der Waals surface area contributed by atoms with Crippen LogP contribution in [0.15, 0.2) is 91.1 Å². The summed E-state index contributed by atoms with van der Waals surface area (Å²) in [5.74, 6) is 0. The molecule has 2 heterocycles. The Hall–Kier alpha value is -4.66. The summed E-state index contributed by atoms with van der Waals surface area (Å²) >= 11 is 1.88. The van der Waals surface area contributed by atoms with Gasteiger partial charge in [0.15, 0.2) is 0 Å². The van der Waals surface area contributed by atoms with Gasteiger partial charge in [-0.15, -0.1) is 11.3 Å². The highest BCUT2D eigenvalue weighted by molar-refractivity contribution is 7.25. The Morgan fingerprint density at radius 2 is 0.792 bits per heavy atom. The Labute approximate surface area is 322 Å². The predicted octanol–water partition coefficient (Wildman–Crippen LogP) is 8.70. The van der Waals surface area contributed by atoms with Gasteiger partial charge in [-0.1, -0.05) is 167 Å². The van der Waals surface area contributed by atoms with E-state index in [4.69, 9.17) is 4.98 Å². The van der Waals surface area contributed by atoms with Crippen LogP contribution in [0.1, 0.15) is 66.8 Å². The first-order valence-electron chi connectivity index (χ1n) is 19.0. The van der Waals surface area contributed by atoms with Crippen LogP contribution in [0.2, 0.25) is 0 Å². The molecule has 0 aliphatic heterocycles. The molecular formula is C49H51B2NS. The van der Waals surface area contributed by atoms with E-state index in [9.17, 15) is 0 Å². The monoisotopic (exact) mass is 707 g/mol. The molecule has 0 atom stereocenters. The summed E-state index contributed by atoms with van der Waals surface area (Å²) in [6.45, 7) is 27.3. The Morgan fingerprint density at radius 1 is 0.415 bits per heavy atom. The molecule has 0 unspecified atom stereocenters. The van der Waals surface area contributed by atoms with Gasteiger partial charge >= 0.3 is 0 Å². The normalized spacial score (nSPS) is 11.4. The van der Waals surface area contributed by atoms with Crippen molar-refractivity contribution in [1.82, 2.24) is 4.98 Å². The number of hydrogen-bond acceptors (Lipinski definition) is 2. The largest absolute Gasteiger partial charge is 0.256 e. The summed E-state index contributed by atoms with van der Waals surface area (Å²) in [5.41, 5.74) is 25.1. The maximum absolute atomic E-state index is 5.43. The number of nitrogens with zero attached hydrogens (tertiary/aromatic N) is 1. The number of aryl methyl sites for hydroxylation is 12. The molecule has 2 aromatic heterocycles. The molecule has 7 rings (SSSR count). The molecule has 0 fully saturated rings. The molecule has 0 N–H and O–H groups in total. The van der Waals surface area contributed by atoms with Crippen LogP contribution in [0.4, 0.5) is 0 Å². The topological polar surface area (TPSA) is 12.9 Å². The van der Waals surface area contributed by atoms with Gasteiger partial charge in [0.05, 0.1) is 5.69 Å².